The Hall–Kier alpha value is -1.88. The first-order valence-corrected chi connectivity index (χ1v) is 8.92. The van der Waals surface area contributed by atoms with Gasteiger partial charge in [0.2, 0.25) is 5.91 Å². The fraction of sp³-hybridized carbons (Fsp3) is 0.579. The van der Waals surface area contributed by atoms with Crippen molar-refractivity contribution in [3.05, 3.63) is 35.9 Å². The van der Waals surface area contributed by atoms with Crippen molar-refractivity contribution in [3.63, 3.8) is 0 Å². The van der Waals surface area contributed by atoms with Gasteiger partial charge in [0.25, 0.3) is 0 Å². The molecule has 0 spiro atoms. The maximum Gasteiger partial charge on any atom is 0.320 e. The first kappa shape index (κ1) is 18.5. The summed E-state index contributed by atoms with van der Waals surface area (Å²) in [7, 11) is 0. The molecule has 0 bridgehead atoms. The van der Waals surface area contributed by atoms with E-state index in [1.54, 1.807) is 0 Å². The molecule has 2 atom stereocenters. The lowest BCUT2D eigenvalue weighted by atomic mass is 9.91. The molecule has 1 aliphatic rings. The molecule has 24 heavy (non-hydrogen) atoms. The summed E-state index contributed by atoms with van der Waals surface area (Å²) in [5.74, 6) is -0.583. The summed E-state index contributed by atoms with van der Waals surface area (Å²) in [5, 5.41) is 15.1. The smallest absolute Gasteiger partial charge is 0.320 e. The average Bonchev–Trinajstić information content (AvgIpc) is 3.11. The van der Waals surface area contributed by atoms with Gasteiger partial charge in [-0.1, -0.05) is 56.5 Å². The summed E-state index contributed by atoms with van der Waals surface area (Å²) in [6, 6.07) is 9.40. The molecule has 2 unspecified atom stereocenters. The van der Waals surface area contributed by atoms with Gasteiger partial charge in [0, 0.05) is 0 Å². The van der Waals surface area contributed by atoms with Crippen LogP contribution in [0.2, 0.25) is 0 Å². The van der Waals surface area contributed by atoms with Gasteiger partial charge in [0.05, 0.1) is 12.6 Å². The number of amides is 1. The van der Waals surface area contributed by atoms with Crippen LogP contribution in [0.3, 0.4) is 0 Å². The third-order valence-corrected chi connectivity index (χ3v) is 4.73. The Bertz CT molecular complexity index is 527. The Morgan fingerprint density at radius 3 is 2.46 bits per heavy atom. The molecule has 1 fully saturated rings. The quantitative estimate of drug-likeness (QED) is 0.650. The van der Waals surface area contributed by atoms with Gasteiger partial charge in [0.1, 0.15) is 6.04 Å². The monoisotopic (exact) mass is 332 g/mol. The Balaban J connectivity index is 1.96. The minimum atomic E-state index is -0.903. The highest BCUT2D eigenvalue weighted by Gasteiger charge is 2.28. The second-order valence-electron chi connectivity index (χ2n) is 6.56. The van der Waals surface area contributed by atoms with E-state index < -0.39 is 12.0 Å². The van der Waals surface area contributed by atoms with Crippen LogP contribution in [0.5, 0.6) is 0 Å². The molecule has 5 heteroatoms. The number of nitrogens with one attached hydrogen (secondary N) is 2. The van der Waals surface area contributed by atoms with Gasteiger partial charge in [-0.25, -0.2) is 0 Å². The topological polar surface area (TPSA) is 78.4 Å². The van der Waals surface area contributed by atoms with Gasteiger partial charge < -0.3 is 10.4 Å². The van der Waals surface area contributed by atoms with E-state index in [2.05, 4.69) is 10.6 Å². The molecular weight excluding hydrogens is 304 g/mol. The van der Waals surface area contributed by atoms with Crippen LogP contribution in [0.15, 0.2) is 30.3 Å². The van der Waals surface area contributed by atoms with E-state index in [0.717, 1.165) is 24.8 Å². The van der Waals surface area contributed by atoms with Crippen LogP contribution in [0.4, 0.5) is 0 Å². The first-order chi connectivity index (χ1) is 11.6. The zero-order valence-electron chi connectivity index (χ0n) is 14.3. The van der Waals surface area contributed by atoms with Crippen molar-refractivity contribution in [1.82, 2.24) is 10.6 Å². The minimum Gasteiger partial charge on any atom is -0.480 e. The maximum atomic E-state index is 12.3. The molecule has 1 aromatic carbocycles. The van der Waals surface area contributed by atoms with Gasteiger partial charge in [-0.05, 0) is 30.7 Å². The molecule has 2 rings (SSSR count). The Kier molecular flexibility index (Phi) is 7.25. The van der Waals surface area contributed by atoms with Gasteiger partial charge in [-0.2, -0.15) is 0 Å². The van der Waals surface area contributed by atoms with Crippen LogP contribution in [0.1, 0.15) is 57.1 Å². The number of benzene rings is 1. The zero-order chi connectivity index (χ0) is 17.4. The first-order valence-electron chi connectivity index (χ1n) is 8.92. The molecule has 0 aromatic heterocycles. The standard InChI is InChI=1S/C19H28N2O3/c1-2-8-16(19(23)24)20-13-17(22)21-18(15-11-6-7-12-15)14-9-4-3-5-10-14/h3-5,9-10,15-16,18,20H,2,6-8,11-13H2,1H3,(H,21,22)(H,23,24). The summed E-state index contributed by atoms with van der Waals surface area (Å²) in [4.78, 5) is 23.5. The summed E-state index contributed by atoms with van der Waals surface area (Å²) < 4.78 is 0. The van der Waals surface area contributed by atoms with E-state index >= 15 is 0 Å². The van der Waals surface area contributed by atoms with Crippen molar-refractivity contribution >= 4 is 11.9 Å². The van der Waals surface area contributed by atoms with Gasteiger partial charge in [-0.3, -0.25) is 14.9 Å². The normalized spacial score (nSPS) is 17.4. The molecule has 3 N–H and O–H groups in total. The molecule has 0 saturated heterocycles. The highest BCUT2D eigenvalue weighted by Crippen LogP contribution is 2.35. The van der Waals surface area contributed by atoms with E-state index in [0.29, 0.717) is 12.3 Å². The average molecular weight is 332 g/mol. The van der Waals surface area contributed by atoms with Gasteiger partial charge >= 0.3 is 5.97 Å². The fourth-order valence-corrected chi connectivity index (χ4v) is 3.47. The maximum absolute atomic E-state index is 12.3. The minimum absolute atomic E-state index is 0.0115. The molecule has 1 aromatic rings. The van der Waals surface area contributed by atoms with E-state index in [1.807, 2.05) is 37.3 Å². The Labute approximate surface area is 143 Å². The van der Waals surface area contributed by atoms with E-state index in [-0.39, 0.29) is 18.5 Å². The van der Waals surface area contributed by atoms with Crippen LogP contribution in [0, 0.1) is 5.92 Å². The predicted molar refractivity (Wildman–Crippen MR) is 93.6 cm³/mol. The molecule has 1 amide bonds. The summed E-state index contributed by atoms with van der Waals surface area (Å²) >= 11 is 0. The molecule has 0 heterocycles. The molecule has 132 valence electrons. The number of carboxylic acids is 1. The van der Waals surface area contributed by atoms with Crippen molar-refractivity contribution in [2.24, 2.45) is 5.92 Å². The van der Waals surface area contributed by atoms with Crippen LogP contribution < -0.4 is 10.6 Å². The number of carboxylic acid groups (broad SMARTS) is 1. The lowest BCUT2D eigenvalue weighted by Crippen LogP contribution is -2.44. The van der Waals surface area contributed by atoms with E-state index in [9.17, 15) is 9.59 Å². The summed E-state index contributed by atoms with van der Waals surface area (Å²) in [6.45, 7) is 1.97. The predicted octanol–water partition coefficient (Wildman–Crippen LogP) is 2.88. The molecule has 0 radical (unpaired) electrons. The zero-order valence-corrected chi connectivity index (χ0v) is 14.3. The van der Waals surface area contributed by atoms with Crippen LogP contribution in [-0.2, 0) is 9.59 Å². The van der Waals surface area contributed by atoms with Gasteiger partial charge in [0.15, 0.2) is 0 Å². The highest BCUT2D eigenvalue weighted by atomic mass is 16.4. The fourth-order valence-electron chi connectivity index (χ4n) is 3.47. The molecule has 0 aliphatic heterocycles. The number of aliphatic carboxylic acids is 1. The van der Waals surface area contributed by atoms with Crippen molar-refractivity contribution in [2.45, 2.75) is 57.5 Å². The highest BCUT2D eigenvalue weighted by molar-refractivity contribution is 5.80. The number of hydrogen-bond acceptors (Lipinski definition) is 3. The number of carbonyl (C=O) groups excluding carboxylic acids is 1. The number of carbonyl (C=O) groups is 2. The number of hydrogen-bond donors (Lipinski definition) is 3. The Morgan fingerprint density at radius 1 is 1.21 bits per heavy atom. The third-order valence-electron chi connectivity index (χ3n) is 4.73. The van der Waals surface area contributed by atoms with Crippen molar-refractivity contribution < 1.29 is 14.7 Å². The SMILES string of the molecule is CCCC(NCC(=O)NC(c1ccccc1)C1CCCC1)C(=O)O. The van der Waals surface area contributed by atoms with Crippen molar-refractivity contribution in [3.8, 4) is 0 Å². The second kappa shape index (κ2) is 9.42. The molecule has 5 nitrogen and oxygen atoms in total. The van der Waals surface area contributed by atoms with Crippen molar-refractivity contribution in [2.75, 3.05) is 6.54 Å². The third kappa shape index (κ3) is 5.34. The largest absolute Gasteiger partial charge is 0.480 e. The van der Waals surface area contributed by atoms with Crippen LogP contribution >= 0.6 is 0 Å². The van der Waals surface area contributed by atoms with Crippen LogP contribution in [-0.4, -0.2) is 29.6 Å². The van der Waals surface area contributed by atoms with Gasteiger partial charge in [-0.15, -0.1) is 0 Å². The lowest BCUT2D eigenvalue weighted by molar-refractivity contribution is -0.139. The molecule has 1 saturated carbocycles. The second-order valence-corrected chi connectivity index (χ2v) is 6.56. The Morgan fingerprint density at radius 2 is 1.88 bits per heavy atom. The van der Waals surface area contributed by atoms with Crippen molar-refractivity contribution in [1.29, 1.82) is 0 Å². The van der Waals surface area contributed by atoms with Crippen LogP contribution in [0.25, 0.3) is 0 Å². The summed E-state index contributed by atoms with van der Waals surface area (Å²) in [6.07, 6.45) is 5.95. The lowest BCUT2D eigenvalue weighted by Gasteiger charge is -2.25. The molecule has 1 aliphatic carbocycles. The molecular formula is C19H28N2O3. The van der Waals surface area contributed by atoms with E-state index in [4.69, 9.17) is 5.11 Å². The summed E-state index contributed by atoms with van der Waals surface area (Å²) in [5.41, 5.74) is 1.13. The number of rotatable bonds is 9. The van der Waals surface area contributed by atoms with E-state index in [1.165, 1.54) is 12.8 Å².